The standard InChI is InChI=1S/C13H14BrNO2/c1-8(6-14)13(16)11-7-15-12-4-3-9(17-2)5-10(11)12/h3-5,7-8,15H,6H2,1-2H3/t8-/m1/s1. The van der Waals surface area contributed by atoms with Crippen molar-refractivity contribution >= 4 is 32.6 Å². The molecule has 0 spiro atoms. The van der Waals surface area contributed by atoms with Crippen LogP contribution in [0.3, 0.4) is 0 Å². The largest absolute Gasteiger partial charge is 0.497 e. The highest BCUT2D eigenvalue weighted by atomic mass is 79.9. The molecule has 1 aromatic heterocycles. The van der Waals surface area contributed by atoms with Gasteiger partial charge in [0.1, 0.15) is 5.75 Å². The van der Waals surface area contributed by atoms with Crippen molar-refractivity contribution in [1.82, 2.24) is 4.98 Å². The number of Topliss-reactive ketones (excluding diaryl/α,β-unsaturated/α-hetero) is 1. The van der Waals surface area contributed by atoms with Crippen molar-refractivity contribution in [3.8, 4) is 5.75 Å². The fraction of sp³-hybridized carbons (Fsp3) is 0.308. The van der Waals surface area contributed by atoms with Crippen molar-refractivity contribution in [3.05, 3.63) is 30.0 Å². The number of carbonyl (C=O) groups is 1. The molecule has 1 N–H and O–H groups in total. The predicted octanol–water partition coefficient (Wildman–Crippen LogP) is 3.39. The number of hydrogen-bond acceptors (Lipinski definition) is 2. The smallest absolute Gasteiger partial charge is 0.168 e. The summed E-state index contributed by atoms with van der Waals surface area (Å²) < 4.78 is 5.18. The summed E-state index contributed by atoms with van der Waals surface area (Å²) in [4.78, 5) is 15.3. The Kier molecular flexibility index (Phi) is 3.52. The Balaban J connectivity index is 2.51. The average molecular weight is 296 g/mol. The van der Waals surface area contributed by atoms with E-state index in [2.05, 4.69) is 20.9 Å². The van der Waals surface area contributed by atoms with Gasteiger partial charge in [0, 0.05) is 33.9 Å². The number of benzene rings is 1. The second-order valence-electron chi connectivity index (χ2n) is 4.03. The van der Waals surface area contributed by atoms with Gasteiger partial charge in [0.05, 0.1) is 7.11 Å². The van der Waals surface area contributed by atoms with E-state index in [4.69, 9.17) is 4.74 Å². The van der Waals surface area contributed by atoms with E-state index in [-0.39, 0.29) is 11.7 Å². The molecule has 4 heteroatoms. The summed E-state index contributed by atoms with van der Waals surface area (Å²) in [6.07, 6.45) is 1.77. The van der Waals surface area contributed by atoms with E-state index in [1.54, 1.807) is 13.3 Å². The summed E-state index contributed by atoms with van der Waals surface area (Å²) in [6, 6.07) is 5.69. The first-order chi connectivity index (χ1) is 8.17. The molecule has 0 amide bonds. The van der Waals surface area contributed by atoms with Crippen molar-refractivity contribution in [2.75, 3.05) is 12.4 Å². The van der Waals surface area contributed by atoms with E-state index in [1.807, 2.05) is 25.1 Å². The number of alkyl halides is 1. The molecular formula is C13H14BrNO2. The maximum atomic E-state index is 12.2. The highest BCUT2D eigenvalue weighted by Gasteiger charge is 2.17. The van der Waals surface area contributed by atoms with Crippen molar-refractivity contribution in [2.45, 2.75) is 6.92 Å². The molecule has 1 heterocycles. The normalized spacial score (nSPS) is 12.6. The molecule has 2 rings (SSSR count). The first-order valence-corrected chi connectivity index (χ1v) is 6.54. The van der Waals surface area contributed by atoms with Crippen LogP contribution in [-0.2, 0) is 0 Å². The first-order valence-electron chi connectivity index (χ1n) is 5.42. The molecule has 0 aliphatic carbocycles. The van der Waals surface area contributed by atoms with Crippen molar-refractivity contribution < 1.29 is 9.53 Å². The molecule has 0 fully saturated rings. The van der Waals surface area contributed by atoms with Crippen LogP contribution in [0, 0.1) is 5.92 Å². The molecular weight excluding hydrogens is 282 g/mol. The lowest BCUT2D eigenvalue weighted by Crippen LogP contribution is -2.11. The van der Waals surface area contributed by atoms with Gasteiger partial charge in [-0.3, -0.25) is 4.79 Å². The monoisotopic (exact) mass is 295 g/mol. The van der Waals surface area contributed by atoms with Crippen LogP contribution in [0.2, 0.25) is 0 Å². The first kappa shape index (κ1) is 12.2. The van der Waals surface area contributed by atoms with Gasteiger partial charge < -0.3 is 9.72 Å². The Morgan fingerprint density at radius 2 is 2.29 bits per heavy atom. The number of H-pyrrole nitrogens is 1. The average Bonchev–Trinajstić information content (AvgIpc) is 2.79. The number of ether oxygens (including phenoxy) is 1. The van der Waals surface area contributed by atoms with Crippen LogP contribution in [0.5, 0.6) is 5.75 Å². The predicted molar refractivity (Wildman–Crippen MR) is 72.1 cm³/mol. The zero-order chi connectivity index (χ0) is 12.4. The van der Waals surface area contributed by atoms with Gasteiger partial charge >= 0.3 is 0 Å². The van der Waals surface area contributed by atoms with Crippen LogP contribution in [0.1, 0.15) is 17.3 Å². The second-order valence-corrected chi connectivity index (χ2v) is 4.68. The molecule has 0 bridgehead atoms. The number of rotatable bonds is 4. The third kappa shape index (κ3) is 2.22. The maximum absolute atomic E-state index is 12.2. The van der Waals surface area contributed by atoms with E-state index < -0.39 is 0 Å². The zero-order valence-electron chi connectivity index (χ0n) is 9.79. The molecule has 1 atom stereocenters. The number of methoxy groups -OCH3 is 1. The summed E-state index contributed by atoms with van der Waals surface area (Å²) in [7, 11) is 1.62. The fourth-order valence-corrected chi connectivity index (χ4v) is 2.06. The van der Waals surface area contributed by atoms with Crippen LogP contribution >= 0.6 is 15.9 Å². The molecule has 0 aliphatic rings. The highest BCUT2D eigenvalue weighted by molar-refractivity contribution is 9.09. The number of hydrogen-bond donors (Lipinski definition) is 1. The number of halogens is 1. The van der Waals surface area contributed by atoms with Gasteiger partial charge in [-0.2, -0.15) is 0 Å². The molecule has 0 unspecified atom stereocenters. The van der Waals surface area contributed by atoms with Gasteiger partial charge in [0.15, 0.2) is 5.78 Å². The highest BCUT2D eigenvalue weighted by Crippen LogP contribution is 2.25. The maximum Gasteiger partial charge on any atom is 0.168 e. The van der Waals surface area contributed by atoms with Crippen LogP contribution in [-0.4, -0.2) is 23.2 Å². The van der Waals surface area contributed by atoms with Crippen LogP contribution in [0.15, 0.2) is 24.4 Å². The lowest BCUT2D eigenvalue weighted by atomic mass is 10.0. The lowest BCUT2D eigenvalue weighted by Gasteiger charge is -2.05. The number of fused-ring (bicyclic) bond motifs is 1. The summed E-state index contributed by atoms with van der Waals surface area (Å²) in [5, 5.41) is 1.59. The molecule has 0 radical (unpaired) electrons. The number of carbonyl (C=O) groups excluding carboxylic acids is 1. The van der Waals surface area contributed by atoms with E-state index >= 15 is 0 Å². The van der Waals surface area contributed by atoms with Gasteiger partial charge in [-0.05, 0) is 18.2 Å². The van der Waals surface area contributed by atoms with E-state index in [0.717, 1.165) is 22.2 Å². The Morgan fingerprint density at radius 3 is 2.94 bits per heavy atom. The van der Waals surface area contributed by atoms with Crippen LogP contribution in [0.25, 0.3) is 10.9 Å². The molecule has 0 saturated carbocycles. The van der Waals surface area contributed by atoms with E-state index in [1.165, 1.54) is 0 Å². The summed E-state index contributed by atoms with van der Waals surface area (Å²) >= 11 is 3.34. The van der Waals surface area contributed by atoms with Gasteiger partial charge in [0.25, 0.3) is 0 Å². The van der Waals surface area contributed by atoms with E-state index in [9.17, 15) is 4.79 Å². The Hall–Kier alpha value is -1.29. The Morgan fingerprint density at radius 1 is 1.53 bits per heavy atom. The second kappa shape index (κ2) is 4.92. The van der Waals surface area contributed by atoms with Crippen LogP contribution < -0.4 is 4.74 Å². The molecule has 3 nitrogen and oxygen atoms in total. The molecule has 1 aromatic carbocycles. The third-order valence-corrected chi connectivity index (χ3v) is 3.80. The number of aromatic amines is 1. The fourth-order valence-electron chi connectivity index (χ4n) is 1.77. The molecule has 17 heavy (non-hydrogen) atoms. The lowest BCUT2D eigenvalue weighted by molar-refractivity contribution is 0.0944. The number of ketones is 1. The summed E-state index contributed by atoms with van der Waals surface area (Å²) in [5.74, 6) is 0.874. The van der Waals surface area contributed by atoms with Crippen LogP contribution in [0.4, 0.5) is 0 Å². The van der Waals surface area contributed by atoms with Crippen molar-refractivity contribution in [3.63, 3.8) is 0 Å². The van der Waals surface area contributed by atoms with Gasteiger partial charge in [-0.25, -0.2) is 0 Å². The molecule has 2 aromatic rings. The molecule has 0 aliphatic heterocycles. The number of aromatic nitrogens is 1. The minimum Gasteiger partial charge on any atom is -0.497 e. The minimum absolute atomic E-state index is 0.0276. The van der Waals surface area contributed by atoms with Crippen molar-refractivity contribution in [2.24, 2.45) is 5.92 Å². The Bertz CT molecular complexity index is 547. The topological polar surface area (TPSA) is 42.1 Å². The number of nitrogens with one attached hydrogen (secondary N) is 1. The third-order valence-electron chi connectivity index (χ3n) is 2.83. The quantitative estimate of drug-likeness (QED) is 0.694. The zero-order valence-corrected chi connectivity index (χ0v) is 11.4. The summed E-state index contributed by atoms with van der Waals surface area (Å²) in [6.45, 7) is 1.91. The molecule has 90 valence electrons. The van der Waals surface area contributed by atoms with Crippen molar-refractivity contribution in [1.29, 1.82) is 0 Å². The minimum atomic E-state index is -0.0276. The van der Waals surface area contributed by atoms with Gasteiger partial charge in [-0.15, -0.1) is 0 Å². The molecule has 0 saturated heterocycles. The summed E-state index contributed by atoms with van der Waals surface area (Å²) in [5.41, 5.74) is 1.68. The Labute approximate surface area is 108 Å². The van der Waals surface area contributed by atoms with E-state index in [0.29, 0.717) is 5.33 Å². The van der Waals surface area contributed by atoms with Gasteiger partial charge in [0.2, 0.25) is 0 Å². The van der Waals surface area contributed by atoms with Gasteiger partial charge in [-0.1, -0.05) is 22.9 Å². The SMILES string of the molecule is COc1ccc2[nH]cc(C(=O)[C@H](C)CBr)c2c1.